The molecule has 3 heterocycles. The Balaban J connectivity index is 0.000000183. The smallest absolute Gasteiger partial charge is 0.309 e. The van der Waals surface area contributed by atoms with Gasteiger partial charge in [-0.3, -0.25) is 28.8 Å². The lowest BCUT2D eigenvalue weighted by atomic mass is 9.95. The molecule has 113 heavy (non-hydrogen) atoms. The molecular formula is C89H91N15O9. The number of benzene rings is 10. The van der Waals surface area contributed by atoms with Gasteiger partial charge in [-0.15, -0.1) is 25.5 Å². The number of tetrazole rings is 3. The lowest BCUT2D eigenvalue weighted by molar-refractivity contribution is -0.150. The summed E-state index contributed by atoms with van der Waals surface area (Å²) in [6.07, 6.45) is 2.61. The molecule has 0 aliphatic rings. The van der Waals surface area contributed by atoms with Crippen molar-refractivity contribution in [2.75, 3.05) is 0 Å². The highest BCUT2D eigenvalue weighted by Gasteiger charge is 2.28. The van der Waals surface area contributed by atoms with Crippen molar-refractivity contribution >= 4 is 35.6 Å². The highest BCUT2D eigenvalue weighted by Crippen LogP contribution is 2.26. The molecule has 0 aliphatic heterocycles. The molecule has 13 aromatic rings. The molecule has 5 N–H and O–H groups in total. The monoisotopic (exact) mass is 1510 g/mol. The zero-order valence-electron chi connectivity index (χ0n) is 62.3. The van der Waals surface area contributed by atoms with Crippen LogP contribution in [0.2, 0.25) is 0 Å². The van der Waals surface area contributed by atoms with E-state index in [4.69, 9.17) is 9.47 Å². The summed E-state index contributed by atoms with van der Waals surface area (Å²) in [5, 5.41) is 55.1. The van der Waals surface area contributed by atoms with E-state index < -0.39 is 41.4 Å². The molecule has 24 heteroatoms. The first-order valence-electron chi connectivity index (χ1n) is 37.0. The van der Waals surface area contributed by atoms with Gasteiger partial charge in [0.25, 0.3) is 29.4 Å². The van der Waals surface area contributed by atoms with Gasteiger partial charge in [-0.25, -0.2) is 4.68 Å². The van der Waals surface area contributed by atoms with Crippen LogP contribution in [0.3, 0.4) is 0 Å². The van der Waals surface area contributed by atoms with Crippen LogP contribution in [-0.4, -0.2) is 120 Å². The van der Waals surface area contributed by atoms with Crippen molar-refractivity contribution in [2.24, 2.45) is 17.8 Å². The minimum Gasteiger partial charge on any atom is -0.481 e. The number of rotatable bonds is 32. The maximum absolute atomic E-state index is 13.4. The first kappa shape index (κ1) is 81.7. The second kappa shape index (κ2) is 42.3. The minimum atomic E-state index is -0.904. The Bertz CT molecular complexity index is 5050. The molecule has 0 bridgehead atoms. The third-order valence-electron chi connectivity index (χ3n) is 18.5. The summed E-state index contributed by atoms with van der Waals surface area (Å²) in [5.41, 5.74) is 13.6. The molecule has 576 valence electrons. The average molecular weight is 1510 g/mol. The SMILES string of the molecule is C.C[C@H](C[C@@H](Cc1ccc(-c2ccccc2)cc1)NC(=O)c1nn[nH]n1)C(=O)O.C[C@H](C[C@@H](Cc1ccc(-c2ccccc2)cc1)NC(=O)c1nnn(Cc2ccccc2)n1)C(=O)OCc1ccccc1.C[C@H](C[C@@H](Cc1ccc(-c2ccccc2)cc1)NC(=O)c1nnnn1Cc1ccccc1)C(=O)OCc1ccccc1. The van der Waals surface area contributed by atoms with Crippen LogP contribution in [-0.2, 0) is 69.4 Å². The van der Waals surface area contributed by atoms with Crippen LogP contribution in [0.1, 0.15) is 118 Å². The summed E-state index contributed by atoms with van der Waals surface area (Å²) in [4.78, 5) is 77.3. The first-order valence-corrected chi connectivity index (χ1v) is 37.0. The van der Waals surface area contributed by atoms with Crippen LogP contribution in [0.5, 0.6) is 0 Å². The Morgan fingerprint density at radius 1 is 0.381 bits per heavy atom. The van der Waals surface area contributed by atoms with Crippen molar-refractivity contribution in [3.63, 3.8) is 0 Å². The standard InChI is InChI=1S/2C34H33N5O3.C20H21N5O3.CH4/c1-25(34(41)42-24-28-13-7-3-8-14-28)21-31(22-26-17-19-30(20-18-26)29-15-9-4-10-16-29)35-33(40)32-36-37-38-39(32)23-27-11-5-2-6-12-27;1-25(34(41)42-24-28-13-7-3-8-14-28)21-31(22-26-17-19-30(20-18-26)29-15-9-4-10-16-29)35-33(40)32-36-38-39(37-32)23-27-11-5-2-6-12-27;1-13(20(27)28)11-17(21-19(26)18-22-24-25-23-18)12-14-7-9-16(10-8-14)15-5-3-2-4-6-15;/h2*2-20,25,31H,21-24H2,1H3,(H,35,40);2-10,13,17H,11-12H2,1H3,(H,21,26)(H,27,28)(H,22,23,24,25);1H4/t2*25-,31+;13-,17+;/m111./s1. The molecule has 6 atom stereocenters. The van der Waals surface area contributed by atoms with Crippen LogP contribution < -0.4 is 16.0 Å². The van der Waals surface area contributed by atoms with Crippen molar-refractivity contribution in [1.82, 2.24) is 77.0 Å². The van der Waals surface area contributed by atoms with Crippen molar-refractivity contribution in [3.8, 4) is 33.4 Å². The molecule has 13 rings (SSSR count). The third kappa shape index (κ3) is 25.7. The summed E-state index contributed by atoms with van der Waals surface area (Å²) in [6, 6.07) is 92.3. The number of aromatic amines is 1. The molecule has 3 amide bonds. The molecule has 0 spiro atoms. The number of ether oxygens (including phenoxy) is 2. The van der Waals surface area contributed by atoms with E-state index in [0.29, 0.717) is 51.6 Å². The van der Waals surface area contributed by atoms with Gasteiger partial charge in [-0.05, 0) is 132 Å². The number of nitrogens with one attached hydrogen (secondary N) is 4. The summed E-state index contributed by atoms with van der Waals surface area (Å²) >= 11 is 0. The Kier molecular flexibility index (Phi) is 30.6. The summed E-state index contributed by atoms with van der Waals surface area (Å²) in [5.74, 6) is -4.32. The third-order valence-corrected chi connectivity index (χ3v) is 18.5. The number of carboxylic acid groups (broad SMARTS) is 1. The van der Waals surface area contributed by atoms with Gasteiger partial charge < -0.3 is 30.5 Å². The molecule has 0 saturated carbocycles. The molecule has 0 fully saturated rings. The van der Waals surface area contributed by atoms with Crippen molar-refractivity contribution in [1.29, 1.82) is 0 Å². The second-order valence-electron chi connectivity index (χ2n) is 27.3. The zero-order valence-corrected chi connectivity index (χ0v) is 62.3. The first-order chi connectivity index (χ1) is 54.6. The van der Waals surface area contributed by atoms with E-state index in [-0.39, 0.29) is 68.2 Å². The van der Waals surface area contributed by atoms with E-state index >= 15 is 0 Å². The minimum absolute atomic E-state index is 0. The molecule has 0 radical (unpaired) electrons. The Hall–Kier alpha value is -13.8. The lowest BCUT2D eigenvalue weighted by Crippen LogP contribution is -2.40. The molecular weight excluding hydrogens is 1420 g/mol. The maximum atomic E-state index is 13.4. The molecule has 3 aromatic heterocycles. The number of carboxylic acids is 1. The lowest BCUT2D eigenvalue weighted by Gasteiger charge is -2.22. The fourth-order valence-corrected chi connectivity index (χ4v) is 12.5. The Labute approximate surface area is 656 Å². The summed E-state index contributed by atoms with van der Waals surface area (Å²) < 4.78 is 12.6. The topological polar surface area (TPSA) is 319 Å². The van der Waals surface area contributed by atoms with E-state index in [1.165, 1.54) is 9.48 Å². The van der Waals surface area contributed by atoms with Crippen LogP contribution in [0, 0.1) is 17.8 Å². The molecule has 0 aliphatic carbocycles. The molecule has 0 saturated heterocycles. The number of aliphatic carboxylic acids is 1. The van der Waals surface area contributed by atoms with Gasteiger partial charge in [0.15, 0.2) is 0 Å². The van der Waals surface area contributed by atoms with Crippen molar-refractivity contribution < 1.29 is 43.3 Å². The van der Waals surface area contributed by atoms with E-state index in [9.17, 15) is 33.9 Å². The van der Waals surface area contributed by atoms with Gasteiger partial charge in [0.1, 0.15) is 13.2 Å². The van der Waals surface area contributed by atoms with E-state index in [0.717, 1.165) is 72.3 Å². The van der Waals surface area contributed by atoms with Gasteiger partial charge in [0.2, 0.25) is 5.82 Å². The van der Waals surface area contributed by atoms with Crippen molar-refractivity contribution in [2.45, 2.75) is 111 Å². The van der Waals surface area contributed by atoms with Gasteiger partial charge in [0.05, 0.1) is 30.8 Å². The summed E-state index contributed by atoms with van der Waals surface area (Å²) in [6.45, 7) is 6.44. The number of carbonyl (C=O) groups is 6. The zero-order chi connectivity index (χ0) is 78.2. The van der Waals surface area contributed by atoms with Gasteiger partial charge >= 0.3 is 17.9 Å². The highest BCUT2D eigenvalue weighted by atomic mass is 16.5. The Morgan fingerprint density at radius 2 is 0.726 bits per heavy atom. The number of hydrogen-bond donors (Lipinski definition) is 5. The number of amides is 3. The van der Waals surface area contributed by atoms with Crippen molar-refractivity contribution in [3.05, 3.63) is 342 Å². The Morgan fingerprint density at radius 3 is 1.11 bits per heavy atom. The average Bonchev–Trinajstić information content (AvgIpc) is 1.80. The van der Waals surface area contributed by atoms with Crippen LogP contribution in [0.4, 0.5) is 0 Å². The fraction of sp³-hybridized carbons (Fsp3) is 0.225. The number of esters is 2. The van der Waals surface area contributed by atoms with E-state index in [2.05, 4.69) is 128 Å². The highest BCUT2D eigenvalue weighted by molar-refractivity contribution is 5.91. The van der Waals surface area contributed by atoms with Gasteiger partial charge in [-0.2, -0.15) is 10.0 Å². The van der Waals surface area contributed by atoms with Crippen LogP contribution >= 0.6 is 0 Å². The number of hydrogen-bond acceptors (Lipinski definition) is 17. The van der Waals surface area contributed by atoms with Gasteiger partial charge in [0, 0.05) is 18.1 Å². The quantitative estimate of drug-likeness (QED) is 0.0245. The van der Waals surface area contributed by atoms with Crippen LogP contribution in [0.25, 0.3) is 33.4 Å². The molecule has 10 aromatic carbocycles. The number of nitrogens with zero attached hydrogens (tertiary/aromatic N) is 11. The largest absolute Gasteiger partial charge is 0.481 e. The maximum Gasteiger partial charge on any atom is 0.309 e. The number of aromatic nitrogens is 12. The number of H-pyrrole nitrogens is 1. The van der Waals surface area contributed by atoms with Gasteiger partial charge in [-0.1, -0.05) is 313 Å². The summed E-state index contributed by atoms with van der Waals surface area (Å²) in [7, 11) is 0. The second-order valence-corrected chi connectivity index (χ2v) is 27.3. The van der Waals surface area contributed by atoms with Crippen LogP contribution in [0.15, 0.2) is 285 Å². The van der Waals surface area contributed by atoms with E-state index in [1.807, 2.05) is 238 Å². The predicted octanol–water partition coefficient (Wildman–Crippen LogP) is 14.0. The molecule has 24 nitrogen and oxygen atoms in total. The normalized spacial score (nSPS) is 12.3. The van der Waals surface area contributed by atoms with E-state index in [1.54, 1.807) is 6.92 Å². The predicted molar refractivity (Wildman–Crippen MR) is 430 cm³/mol. The molecule has 0 unspecified atom stereocenters. The number of carbonyl (C=O) groups excluding carboxylic acids is 5. The fourth-order valence-electron chi connectivity index (χ4n) is 12.5.